The van der Waals surface area contributed by atoms with Gasteiger partial charge in [-0.2, -0.15) is 0 Å². The molecule has 6 nitrogen and oxygen atoms in total. The molecule has 2 aromatic rings. The van der Waals surface area contributed by atoms with Gasteiger partial charge in [-0.05, 0) is 23.8 Å². The molecule has 0 spiro atoms. The highest BCUT2D eigenvalue weighted by molar-refractivity contribution is 8.01. The van der Waals surface area contributed by atoms with Gasteiger partial charge in [0.1, 0.15) is 0 Å². The molecule has 1 amide bonds. The number of thioether (sulfide) groups is 1. The van der Waals surface area contributed by atoms with Crippen LogP contribution in [-0.2, 0) is 11.2 Å². The lowest BCUT2D eigenvalue weighted by Gasteiger charge is -2.10. The van der Waals surface area contributed by atoms with Gasteiger partial charge in [0.25, 0.3) is 0 Å². The standard InChI is InChI=1S/C14H14N4O2S2/c1-15-13-16-17-14(22-13)21-7-11(19)8-3-4-10-9(5-8)6-12(20)18(10)2/h3-5H,6-7H2,1-2H3,(H,15,16). The first-order valence-corrected chi connectivity index (χ1v) is 8.45. The van der Waals surface area contributed by atoms with Crippen LogP contribution in [0.1, 0.15) is 15.9 Å². The van der Waals surface area contributed by atoms with Crippen LogP contribution in [0.4, 0.5) is 10.8 Å². The van der Waals surface area contributed by atoms with E-state index in [2.05, 4.69) is 15.5 Å². The molecule has 3 rings (SSSR count). The fourth-order valence-corrected chi connectivity index (χ4v) is 3.82. The minimum Gasteiger partial charge on any atom is -0.363 e. The van der Waals surface area contributed by atoms with Gasteiger partial charge in [0.05, 0.1) is 12.2 Å². The summed E-state index contributed by atoms with van der Waals surface area (Å²) in [4.78, 5) is 25.6. The third-order valence-electron chi connectivity index (χ3n) is 3.43. The van der Waals surface area contributed by atoms with Crippen molar-refractivity contribution in [2.24, 2.45) is 0 Å². The van der Waals surface area contributed by atoms with Crippen LogP contribution in [-0.4, -0.2) is 41.7 Å². The summed E-state index contributed by atoms with van der Waals surface area (Å²) >= 11 is 2.79. The number of amides is 1. The highest BCUT2D eigenvalue weighted by Gasteiger charge is 2.24. The summed E-state index contributed by atoms with van der Waals surface area (Å²) in [5, 5.41) is 11.6. The minimum absolute atomic E-state index is 0.0241. The maximum atomic E-state index is 12.3. The molecule has 1 aliphatic heterocycles. The third-order valence-corrected chi connectivity index (χ3v) is 5.50. The van der Waals surface area contributed by atoms with E-state index in [0.717, 1.165) is 20.7 Å². The van der Waals surface area contributed by atoms with Crippen LogP contribution in [0, 0.1) is 0 Å². The molecular weight excluding hydrogens is 320 g/mol. The number of likely N-dealkylation sites (N-methyl/N-ethyl adjacent to an activating group) is 1. The lowest BCUT2D eigenvalue weighted by molar-refractivity contribution is -0.117. The summed E-state index contributed by atoms with van der Waals surface area (Å²) in [7, 11) is 3.53. The zero-order valence-corrected chi connectivity index (χ0v) is 13.8. The molecule has 0 saturated heterocycles. The molecule has 1 aromatic carbocycles. The maximum Gasteiger partial charge on any atom is 0.231 e. The average Bonchev–Trinajstić information content (AvgIpc) is 3.10. The molecule has 1 N–H and O–H groups in total. The molecular formula is C14H14N4O2S2. The van der Waals surface area contributed by atoms with Crippen molar-refractivity contribution in [3.05, 3.63) is 29.3 Å². The zero-order valence-electron chi connectivity index (χ0n) is 12.1. The Hall–Kier alpha value is -1.93. The molecule has 0 bridgehead atoms. The Morgan fingerprint density at radius 2 is 2.27 bits per heavy atom. The van der Waals surface area contributed by atoms with Crippen molar-refractivity contribution in [1.29, 1.82) is 0 Å². The number of ketones is 1. The van der Waals surface area contributed by atoms with Gasteiger partial charge in [0, 0.05) is 25.3 Å². The van der Waals surface area contributed by atoms with Gasteiger partial charge < -0.3 is 10.2 Å². The van der Waals surface area contributed by atoms with Crippen molar-refractivity contribution in [3.63, 3.8) is 0 Å². The van der Waals surface area contributed by atoms with E-state index >= 15 is 0 Å². The molecule has 1 aromatic heterocycles. The van der Waals surface area contributed by atoms with Crippen LogP contribution in [0.3, 0.4) is 0 Å². The number of benzene rings is 1. The van der Waals surface area contributed by atoms with Crippen LogP contribution in [0.2, 0.25) is 0 Å². The second-order valence-electron chi connectivity index (χ2n) is 4.81. The van der Waals surface area contributed by atoms with Crippen molar-refractivity contribution in [2.75, 3.05) is 30.1 Å². The Morgan fingerprint density at radius 1 is 1.45 bits per heavy atom. The Labute approximate surface area is 135 Å². The summed E-state index contributed by atoms with van der Waals surface area (Å²) in [6.07, 6.45) is 0.363. The number of fused-ring (bicyclic) bond motifs is 1. The lowest BCUT2D eigenvalue weighted by atomic mass is 10.1. The highest BCUT2D eigenvalue weighted by atomic mass is 32.2. The Kier molecular flexibility index (Phi) is 4.12. The minimum atomic E-state index is 0.0241. The second-order valence-corrected chi connectivity index (χ2v) is 7.01. The van der Waals surface area contributed by atoms with E-state index < -0.39 is 0 Å². The number of rotatable bonds is 5. The number of nitrogens with one attached hydrogen (secondary N) is 1. The Morgan fingerprint density at radius 3 is 3.00 bits per heavy atom. The number of aromatic nitrogens is 2. The molecule has 0 unspecified atom stereocenters. The van der Waals surface area contributed by atoms with E-state index in [1.54, 1.807) is 25.1 Å². The van der Waals surface area contributed by atoms with E-state index in [0.29, 0.717) is 17.7 Å². The van der Waals surface area contributed by atoms with Crippen LogP contribution < -0.4 is 10.2 Å². The van der Waals surface area contributed by atoms with Gasteiger partial charge in [0.15, 0.2) is 10.1 Å². The number of Topliss-reactive ketones (excluding diaryl/α,β-unsaturated/α-hetero) is 1. The topological polar surface area (TPSA) is 75.2 Å². The fourth-order valence-electron chi connectivity index (χ4n) is 2.22. The quantitative estimate of drug-likeness (QED) is 0.666. The van der Waals surface area contributed by atoms with Crippen LogP contribution >= 0.6 is 23.1 Å². The SMILES string of the molecule is CNc1nnc(SCC(=O)c2ccc3c(c2)CC(=O)N3C)s1. The van der Waals surface area contributed by atoms with Crippen LogP contribution in [0.25, 0.3) is 0 Å². The van der Waals surface area contributed by atoms with Gasteiger partial charge in [-0.25, -0.2) is 0 Å². The zero-order chi connectivity index (χ0) is 15.7. The van der Waals surface area contributed by atoms with E-state index in [4.69, 9.17) is 0 Å². The third kappa shape index (κ3) is 2.84. The number of nitrogens with zero attached hydrogens (tertiary/aromatic N) is 3. The molecule has 2 heterocycles. The maximum absolute atomic E-state index is 12.3. The largest absolute Gasteiger partial charge is 0.363 e. The second kappa shape index (κ2) is 6.05. The van der Waals surface area contributed by atoms with E-state index in [-0.39, 0.29) is 11.7 Å². The van der Waals surface area contributed by atoms with Gasteiger partial charge in [-0.3, -0.25) is 9.59 Å². The fraction of sp³-hybridized carbons (Fsp3) is 0.286. The van der Waals surface area contributed by atoms with Gasteiger partial charge in [-0.15, -0.1) is 10.2 Å². The molecule has 0 fully saturated rings. The van der Waals surface area contributed by atoms with E-state index in [9.17, 15) is 9.59 Å². The van der Waals surface area contributed by atoms with Crippen molar-refractivity contribution in [1.82, 2.24) is 10.2 Å². The first-order valence-electron chi connectivity index (χ1n) is 6.65. The van der Waals surface area contributed by atoms with Gasteiger partial charge in [-0.1, -0.05) is 23.1 Å². The molecule has 114 valence electrons. The van der Waals surface area contributed by atoms with Crippen LogP contribution in [0.5, 0.6) is 0 Å². The number of hydrogen-bond acceptors (Lipinski definition) is 7. The average molecular weight is 334 g/mol. The predicted octanol–water partition coefficient (Wildman–Crippen LogP) is 2.07. The van der Waals surface area contributed by atoms with Crippen LogP contribution in [0.15, 0.2) is 22.5 Å². The van der Waals surface area contributed by atoms with Gasteiger partial charge >= 0.3 is 0 Å². The van der Waals surface area contributed by atoms with E-state index in [1.165, 1.54) is 23.1 Å². The summed E-state index contributed by atoms with van der Waals surface area (Å²) in [5.74, 6) is 0.388. The molecule has 22 heavy (non-hydrogen) atoms. The highest BCUT2D eigenvalue weighted by Crippen LogP contribution is 2.30. The van der Waals surface area contributed by atoms with E-state index in [1.807, 2.05) is 12.1 Å². The molecule has 8 heteroatoms. The first-order chi connectivity index (χ1) is 10.6. The van der Waals surface area contributed by atoms with Crippen molar-refractivity contribution >= 4 is 45.6 Å². The lowest BCUT2D eigenvalue weighted by Crippen LogP contribution is -2.20. The molecule has 0 atom stereocenters. The summed E-state index contributed by atoms with van der Waals surface area (Å²) in [6, 6.07) is 5.43. The summed E-state index contributed by atoms with van der Waals surface area (Å²) in [6.45, 7) is 0. The number of carbonyl (C=O) groups is 2. The smallest absolute Gasteiger partial charge is 0.231 e. The van der Waals surface area contributed by atoms with Gasteiger partial charge in [0.2, 0.25) is 11.0 Å². The van der Waals surface area contributed by atoms with Crippen molar-refractivity contribution in [2.45, 2.75) is 10.8 Å². The summed E-state index contributed by atoms with van der Waals surface area (Å²) in [5.41, 5.74) is 2.43. The number of anilines is 2. The first kappa shape index (κ1) is 15.0. The van der Waals surface area contributed by atoms with Crippen molar-refractivity contribution < 1.29 is 9.59 Å². The normalized spacial score (nSPS) is 13.4. The monoisotopic (exact) mass is 334 g/mol. The summed E-state index contributed by atoms with van der Waals surface area (Å²) < 4.78 is 0.758. The molecule has 1 aliphatic rings. The molecule has 0 aliphatic carbocycles. The molecule has 0 radical (unpaired) electrons. The predicted molar refractivity (Wildman–Crippen MR) is 88.1 cm³/mol. The number of hydrogen-bond donors (Lipinski definition) is 1. The Balaban J connectivity index is 1.68. The molecule has 0 saturated carbocycles. The Bertz CT molecular complexity index is 744. The number of carbonyl (C=O) groups excluding carboxylic acids is 2. The van der Waals surface area contributed by atoms with Crippen molar-refractivity contribution in [3.8, 4) is 0 Å².